The maximum Gasteiger partial charge on any atom is 0.206 e. The summed E-state index contributed by atoms with van der Waals surface area (Å²) in [6, 6.07) is 0. The molecule has 0 N–H and O–H groups in total. The van der Waals surface area contributed by atoms with Crippen molar-refractivity contribution in [3.8, 4) is 0 Å². The van der Waals surface area contributed by atoms with Crippen molar-refractivity contribution in [1.82, 2.24) is 10.7 Å². The number of rotatable bonds is 3. The van der Waals surface area contributed by atoms with Gasteiger partial charge in [-0.2, -0.15) is 0 Å². The van der Waals surface area contributed by atoms with Crippen molar-refractivity contribution in [3.05, 3.63) is 0 Å². The maximum atomic E-state index is 11.6. The second kappa shape index (κ2) is 3.36. The van der Waals surface area contributed by atoms with Crippen LogP contribution >= 0.6 is 11.6 Å². The molecule has 0 rings (SSSR count). The quantitative estimate of drug-likeness (QED) is 0.284. The lowest BCUT2D eigenvalue weighted by Crippen LogP contribution is -2.47. The molecule has 0 unspecified atom stereocenters. The summed E-state index contributed by atoms with van der Waals surface area (Å²) in [5.74, 6) is -0.882. The van der Waals surface area contributed by atoms with E-state index in [0.29, 0.717) is 6.92 Å². The van der Waals surface area contributed by atoms with Crippen LogP contribution in [0.15, 0.2) is 0 Å². The molecular formula is C3H5ClF4N2. The van der Waals surface area contributed by atoms with Gasteiger partial charge in [-0.05, 0) is 6.92 Å². The van der Waals surface area contributed by atoms with Gasteiger partial charge < -0.3 is 0 Å². The number of hydrogen-bond acceptors (Lipinski definition) is 2. The monoisotopic (exact) mass is 180 g/mol. The van der Waals surface area contributed by atoms with E-state index in [9.17, 15) is 17.9 Å². The van der Waals surface area contributed by atoms with Crippen LogP contribution in [0.2, 0.25) is 0 Å². The molecule has 0 radical (unpaired) electrons. The zero-order valence-corrected chi connectivity index (χ0v) is 5.75. The lowest BCUT2D eigenvalue weighted by atomic mass is 10.3. The Kier molecular flexibility index (Phi) is 3.34. The van der Waals surface area contributed by atoms with Crippen molar-refractivity contribution in [1.29, 1.82) is 0 Å². The Morgan fingerprint density at radius 1 is 1.20 bits per heavy atom. The minimum atomic E-state index is -2.69. The highest BCUT2D eigenvalue weighted by Crippen LogP contribution is 2.23. The van der Waals surface area contributed by atoms with Crippen LogP contribution in [-0.4, -0.2) is 22.2 Å². The zero-order chi connectivity index (χ0) is 8.36. The second-order valence-corrected chi connectivity index (χ2v) is 2.08. The predicted molar refractivity (Wildman–Crippen MR) is 27.2 cm³/mol. The average Bonchev–Trinajstić information content (AvgIpc) is 1.85. The molecule has 0 heterocycles. The highest BCUT2D eigenvalue weighted by atomic mass is 35.5. The fourth-order valence-corrected chi connectivity index (χ4v) is 0.328. The SMILES string of the molecule is CC(CCl)(N(F)F)N(F)F. The van der Waals surface area contributed by atoms with Crippen LogP contribution in [0.1, 0.15) is 6.92 Å². The molecule has 0 aromatic heterocycles. The van der Waals surface area contributed by atoms with Crippen molar-refractivity contribution in [2.75, 3.05) is 5.88 Å². The number of alkyl halides is 1. The third-order valence-corrected chi connectivity index (χ3v) is 1.49. The fourth-order valence-electron chi connectivity index (χ4n) is 0.147. The standard InChI is InChI=1S/C3H5ClF4N2/c1-3(2-4,9(5)6)10(7)8/h2H2,1H3. The van der Waals surface area contributed by atoms with E-state index in [4.69, 9.17) is 11.6 Å². The smallest absolute Gasteiger partial charge is 0.123 e. The Morgan fingerprint density at radius 3 is 1.50 bits per heavy atom. The molecule has 10 heavy (non-hydrogen) atoms. The number of nitrogens with zero attached hydrogens (tertiary/aromatic N) is 2. The third kappa shape index (κ3) is 1.71. The Morgan fingerprint density at radius 2 is 1.50 bits per heavy atom. The fraction of sp³-hybridized carbons (Fsp3) is 1.00. The zero-order valence-electron chi connectivity index (χ0n) is 4.99. The average molecular weight is 181 g/mol. The van der Waals surface area contributed by atoms with Gasteiger partial charge in [0.2, 0.25) is 5.66 Å². The van der Waals surface area contributed by atoms with Crippen LogP contribution < -0.4 is 0 Å². The molecule has 0 aliphatic rings. The van der Waals surface area contributed by atoms with E-state index in [1.165, 1.54) is 0 Å². The van der Waals surface area contributed by atoms with Gasteiger partial charge in [-0.15, -0.1) is 11.6 Å². The van der Waals surface area contributed by atoms with E-state index in [0.717, 1.165) is 0 Å². The Hall–Kier alpha value is -0.0700. The van der Waals surface area contributed by atoms with E-state index in [-0.39, 0.29) is 0 Å². The molecule has 0 amide bonds. The maximum absolute atomic E-state index is 11.6. The Bertz CT molecular complexity index is 101. The van der Waals surface area contributed by atoms with Crippen LogP contribution in [0.5, 0.6) is 0 Å². The van der Waals surface area contributed by atoms with E-state index in [1.807, 2.05) is 0 Å². The highest BCUT2D eigenvalue weighted by Gasteiger charge is 2.41. The van der Waals surface area contributed by atoms with E-state index in [2.05, 4.69) is 0 Å². The first-order valence-corrected chi connectivity index (χ1v) is 2.78. The lowest BCUT2D eigenvalue weighted by molar-refractivity contribution is -0.357. The molecule has 2 nitrogen and oxygen atoms in total. The minimum Gasteiger partial charge on any atom is -0.123 e. The normalized spacial score (nSPS) is 13.2. The van der Waals surface area contributed by atoms with Crippen LogP contribution in [-0.2, 0) is 0 Å². The summed E-state index contributed by atoms with van der Waals surface area (Å²) in [5.41, 5.74) is -2.69. The van der Waals surface area contributed by atoms with E-state index < -0.39 is 22.2 Å². The van der Waals surface area contributed by atoms with Gasteiger partial charge in [-0.3, -0.25) is 0 Å². The molecule has 7 heteroatoms. The van der Waals surface area contributed by atoms with Crippen LogP contribution in [0.3, 0.4) is 0 Å². The van der Waals surface area contributed by atoms with Gasteiger partial charge in [0.05, 0.1) is 5.88 Å². The van der Waals surface area contributed by atoms with Crippen molar-refractivity contribution in [2.24, 2.45) is 0 Å². The van der Waals surface area contributed by atoms with Crippen LogP contribution in [0.25, 0.3) is 0 Å². The summed E-state index contributed by atoms with van der Waals surface area (Å²) >= 11 is 4.86. The molecule has 0 saturated carbocycles. The molecule has 0 aliphatic heterocycles. The first-order chi connectivity index (χ1) is 4.45. The first-order valence-electron chi connectivity index (χ1n) is 2.24. The Labute approximate surface area is 59.7 Å². The predicted octanol–water partition coefficient (Wildman–Crippen LogP) is 2.08. The number of halogens is 5. The topological polar surface area (TPSA) is 6.48 Å². The molecule has 0 aliphatic carbocycles. The molecule has 0 fully saturated rings. The molecule has 0 aromatic carbocycles. The van der Waals surface area contributed by atoms with Gasteiger partial charge in [0.25, 0.3) is 0 Å². The summed E-state index contributed by atoms with van der Waals surface area (Å²) in [6.45, 7) is 0.611. The molecule has 0 bridgehead atoms. The highest BCUT2D eigenvalue weighted by molar-refractivity contribution is 6.18. The molecule has 0 spiro atoms. The summed E-state index contributed by atoms with van der Waals surface area (Å²) in [5, 5.41) is -3.28. The molecule has 0 saturated heterocycles. The van der Waals surface area contributed by atoms with Gasteiger partial charge in [0, 0.05) is 10.7 Å². The summed E-state index contributed by atoms with van der Waals surface area (Å²) in [7, 11) is 0. The van der Waals surface area contributed by atoms with Gasteiger partial charge >= 0.3 is 0 Å². The molecule has 62 valence electrons. The van der Waals surface area contributed by atoms with Crippen molar-refractivity contribution in [2.45, 2.75) is 12.6 Å². The van der Waals surface area contributed by atoms with Crippen molar-refractivity contribution in [3.63, 3.8) is 0 Å². The minimum absolute atomic E-state index is 0.611. The van der Waals surface area contributed by atoms with E-state index in [1.54, 1.807) is 0 Å². The van der Waals surface area contributed by atoms with Gasteiger partial charge in [-0.25, -0.2) is 0 Å². The van der Waals surface area contributed by atoms with Crippen LogP contribution in [0, 0.1) is 0 Å². The van der Waals surface area contributed by atoms with Crippen LogP contribution in [0.4, 0.5) is 17.9 Å². The van der Waals surface area contributed by atoms with E-state index >= 15 is 0 Å². The molecular weight excluding hydrogens is 175 g/mol. The van der Waals surface area contributed by atoms with Crippen molar-refractivity contribution >= 4 is 11.6 Å². The summed E-state index contributed by atoms with van der Waals surface area (Å²) in [4.78, 5) is 0. The lowest BCUT2D eigenvalue weighted by Gasteiger charge is -2.25. The summed E-state index contributed by atoms with van der Waals surface area (Å²) in [6.07, 6.45) is 0. The van der Waals surface area contributed by atoms with Gasteiger partial charge in [0.15, 0.2) is 0 Å². The molecule has 0 aromatic rings. The Balaban J connectivity index is 4.23. The summed E-state index contributed by atoms with van der Waals surface area (Å²) < 4.78 is 46.2. The third-order valence-electron chi connectivity index (χ3n) is 0.981. The first kappa shape index (κ1) is 9.93. The van der Waals surface area contributed by atoms with Gasteiger partial charge in [0.1, 0.15) is 0 Å². The largest absolute Gasteiger partial charge is 0.206 e. The van der Waals surface area contributed by atoms with Crippen molar-refractivity contribution < 1.29 is 17.9 Å². The molecule has 0 atom stereocenters. The number of hydrogen-bond donors (Lipinski definition) is 0. The second-order valence-electron chi connectivity index (χ2n) is 1.82. The van der Waals surface area contributed by atoms with Gasteiger partial charge in [-0.1, -0.05) is 17.9 Å².